The van der Waals surface area contributed by atoms with Crippen molar-refractivity contribution in [3.63, 3.8) is 0 Å². The van der Waals surface area contributed by atoms with Crippen LogP contribution in [0.2, 0.25) is 0 Å². The summed E-state index contributed by atoms with van der Waals surface area (Å²) in [5, 5.41) is 0. The van der Waals surface area contributed by atoms with Gasteiger partial charge in [-0.3, -0.25) is 4.79 Å². The Labute approximate surface area is 233 Å². The highest BCUT2D eigenvalue weighted by Gasteiger charge is 2.28. The average molecular weight is 525 g/mol. The summed E-state index contributed by atoms with van der Waals surface area (Å²) in [5.74, 6) is 0.674. The van der Waals surface area contributed by atoms with Gasteiger partial charge in [0.1, 0.15) is 30.9 Å². The summed E-state index contributed by atoms with van der Waals surface area (Å²) in [6.07, 6.45) is 13.6. The van der Waals surface area contributed by atoms with E-state index in [0.717, 1.165) is 36.2 Å². The van der Waals surface area contributed by atoms with Crippen molar-refractivity contribution in [1.82, 2.24) is 0 Å². The van der Waals surface area contributed by atoms with Gasteiger partial charge in [-0.2, -0.15) is 0 Å². The van der Waals surface area contributed by atoms with Crippen molar-refractivity contribution < 1.29 is 18.8 Å². The van der Waals surface area contributed by atoms with Crippen LogP contribution in [0.3, 0.4) is 0 Å². The molecular weight excluding hydrogens is 470 g/mol. The summed E-state index contributed by atoms with van der Waals surface area (Å²) < 4.78 is 12.7. The van der Waals surface area contributed by atoms with Crippen molar-refractivity contribution in [3.05, 3.63) is 65.7 Å². The number of quaternary nitrogens is 1. The van der Waals surface area contributed by atoms with E-state index in [4.69, 9.17) is 9.47 Å². The van der Waals surface area contributed by atoms with Crippen LogP contribution >= 0.6 is 0 Å². The van der Waals surface area contributed by atoms with Crippen molar-refractivity contribution in [2.45, 2.75) is 104 Å². The topological polar surface area (TPSA) is 35.5 Å². The Morgan fingerprint density at radius 2 is 1.42 bits per heavy atom. The van der Waals surface area contributed by atoms with E-state index >= 15 is 0 Å². The van der Waals surface area contributed by atoms with Gasteiger partial charge in [-0.15, -0.1) is 0 Å². The van der Waals surface area contributed by atoms with E-state index < -0.39 is 0 Å². The quantitative estimate of drug-likeness (QED) is 0.0991. The summed E-state index contributed by atoms with van der Waals surface area (Å²) in [6.45, 7) is 8.23. The second-order valence-electron chi connectivity index (χ2n) is 11.6. The third-order valence-electron chi connectivity index (χ3n) is 7.30. The third kappa shape index (κ3) is 13.0. The van der Waals surface area contributed by atoms with E-state index in [9.17, 15) is 4.79 Å². The maximum Gasteiger partial charge on any atom is 0.314 e. The van der Waals surface area contributed by atoms with Crippen molar-refractivity contribution in [1.29, 1.82) is 0 Å². The lowest BCUT2D eigenvalue weighted by molar-refractivity contribution is -0.906. The fraction of sp³-hybridized carbons (Fsp3) is 0.618. The molecule has 2 atom stereocenters. The SMILES string of the molecule is CCCCCCCCCCCc1ccccc1OC(C)COC(=O)C(CC)C[N+](C)(C)Cc1ccccc1. The number of rotatable bonds is 20. The smallest absolute Gasteiger partial charge is 0.314 e. The van der Waals surface area contributed by atoms with E-state index in [0.29, 0.717) is 0 Å². The van der Waals surface area contributed by atoms with Crippen LogP contribution in [0.1, 0.15) is 96.1 Å². The molecule has 0 aliphatic carbocycles. The van der Waals surface area contributed by atoms with Crippen LogP contribution in [-0.2, 0) is 22.5 Å². The minimum absolute atomic E-state index is 0.120. The van der Waals surface area contributed by atoms with Gasteiger partial charge in [0.2, 0.25) is 0 Å². The van der Waals surface area contributed by atoms with E-state index in [1.807, 2.05) is 25.1 Å². The summed E-state index contributed by atoms with van der Waals surface area (Å²) in [7, 11) is 4.36. The lowest BCUT2D eigenvalue weighted by atomic mass is 10.0. The largest absolute Gasteiger partial charge is 0.487 e. The third-order valence-corrected chi connectivity index (χ3v) is 7.30. The zero-order valence-electron chi connectivity index (χ0n) is 24.9. The molecule has 2 unspecified atom stereocenters. The van der Waals surface area contributed by atoms with Gasteiger partial charge in [0.25, 0.3) is 0 Å². The lowest BCUT2D eigenvalue weighted by Crippen LogP contribution is -2.45. The van der Waals surface area contributed by atoms with Gasteiger partial charge in [-0.1, -0.05) is 114 Å². The number of unbranched alkanes of at least 4 members (excludes halogenated alkanes) is 8. The fourth-order valence-electron chi connectivity index (χ4n) is 5.13. The molecule has 0 aliphatic heterocycles. The van der Waals surface area contributed by atoms with Gasteiger partial charge >= 0.3 is 5.97 Å². The second-order valence-corrected chi connectivity index (χ2v) is 11.6. The first-order valence-corrected chi connectivity index (χ1v) is 15.1. The number of benzene rings is 2. The molecule has 0 heterocycles. The molecule has 212 valence electrons. The highest BCUT2D eigenvalue weighted by Crippen LogP contribution is 2.23. The number of para-hydroxylation sites is 1. The standard InChI is InChI=1S/C34H54NO3/c1-6-8-9-10-11-12-13-14-18-23-32-24-19-20-25-33(32)38-29(3)28-37-34(36)31(7-2)27-35(4,5)26-30-21-16-15-17-22-30/h15-17,19-22,24-25,29,31H,6-14,18,23,26-28H2,1-5H3/q+1. The van der Waals surface area contributed by atoms with Crippen molar-refractivity contribution in [2.75, 3.05) is 27.2 Å². The van der Waals surface area contributed by atoms with Crippen LogP contribution in [0.15, 0.2) is 54.6 Å². The Kier molecular flexibility index (Phi) is 15.1. The van der Waals surface area contributed by atoms with Crippen LogP contribution in [0, 0.1) is 5.92 Å². The zero-order chi connectivity index (χ0) is 27.6. The van der Waals surface area contributed by atoms with Crippen molar-refractivity contribution in [2.24, 2.45) is 5.92 Å². The molecule has 0 fully saturated rings. The Hall–Kier alpha value is -2.33. The van der Waals surface area contributed by atoms with Crippen LogP contribution in [0.5, 0.6) is 5.75 Å². The maximum absolute atomic E-state index is 12.9. The molecule has 4 nitrogen and oxygen atoms in total. The Morgan fingerprint density at radius 3 is 2.08 bits per heavy atom. The van der Waals surface area contributed by atoms with Gasteiger partial charge in [-0.25, -0.2) is 0 Å². The first kappa shape index (κ1) is 31.9. The highest BCUT2D eigenvalue weighted by atomic mass is 16.6. The van der Waals surface area contributed by atoms with Crippen LogP contribution in [-0.4, -0.2) is 43.8 Å². The van der Waals surface area contributed by atoms with E-state index in [2.05, 4.69) is 64.3 Å². The first-order chi connectivity index (χ1) is 18.3. The monoisotopic (exact) mass is 524 g/mol. The number of carbonyl (C=O) groups is 1. The van der Waals surface area contributed by atoms with Crippen LogP contribution < -0.4 is 4.74 Å². The molecule has 0 saturated carbocycles. The van der Waals surface area contributed by atoms with Gasteiger partial charge in [-0.05, 0) is 37.8 Å². The minimum atomic E-state index is -0.187. The van der Waals surface area contributed by atoms with Gasteiger partial charge in [0.15, 0.2) is 0 Å². The second kappa shape index (κ2) is 18.0. The Bertz CT molecular complexity index is 896. The number of nitrogens with zero attached hydrogens (tertiary/aromatic N) is 1. The van der Waals surface area contributed by atoms with Crippen LogP contribution in [0.25, 0.3) is 0 Å². The van der Waals surface area contributed by atoms with E-state index in [-0.39, 0.29) is 24.6 Å². The number of carbonyl (C=O) groups excluding carboxylic acids is 1. The maximum atomic E-state index is 12.9. The Balaban J connectivity index is 1.74. The predicted octanol–water partition coefficient (Wildman–Crippen LogP) is 8.37. The molecule has 2 aromatic carbocycles. The molecule has 0 amide bonds. The molecule has 2 rings (SSSR count). The number of aryl methyl sites for hydroxylation is 1. The molecule has 0 aliphatic rings. The van der Waals surface area contributed by atoms with Crippen molar-refractivity contribution >= 4 is 5.97 Å². The molecule has 2 aromatic rings. The van der Waals surface area contributed by atoms with Crippen molar-refractivity contribution in [3.8, 4) is 5.75 Å². The van der Waals surface area contributed by atoms with Gasteiger partial charge in [0.05, 0.1) is 20.6 Å². The number of esters is 1. The molecule has 0 saturated heterocycles. The van der Waals surface area contributed by atoms with Gasteiger partial charge in [0, 0.05) is 5.56 Å². The minimum Gasteiger partial charge on any atom is -0.487 e. The fourth-order valence-corrected chi connectivity index (χ4v) is 5.13. The normalized spacial score (nSPS) is 13.2. The molecule has 0 radical (unpaired) electrons. The predicted molar refractivity (Wildman–Crippen MR) is 159 cm³/mol. The first-order valence-electron chi connectivity index (χ1n) is 15.1. The summed E-state index contributed by atoms with van der Waals surface area (Å²) >= 11 is 0. The molecule has 0 bridgehead atoms. The number of hydrogen-bond donors (Lipinski definition) is 0. The zero-order valence-corrected chi connectivity index (χ0v) is 24.9. The van der Waals surface area contributed by atoms with E-state index in [1.165, 1.54) is 68.9 Å². The summed E-state index contributed by atoms with van der Waals surface area (Å²) in [5.41, 5.74) is 2.53. The Morgan fingerprint density at radius 1 is 0.816 bits per heavy atom. The molecular formula is C34H54NO3+. The number of ether oxygens (including phenoxy) is 2. The summed E-state index contributed by atoms with van der Waals surface area (Å²) in [6, 6.07) is 18.8. The molecule has 0 spiro atoms. The number of hydrogen-bond acceptors (Lipinski definition) is 3. The summed E-state index contributed by atoms with van der Waals surface area (Å²) in [4.78, 5) is 12.9. The molecule has 0 aromatic heterocycles. The van der Waals surface area contributed by atoms with Crippen LogP contribution in [0.4, 0.5) is 0 Å². The van der Waals surface area contributed by atoms with E-state index in [1.54, 1.807) is 0 Å². The molecule has 4 heteroatoms. The average Bonchev–Trinajstić information content (AvgIpc) is 2.90. The molecule has 38 heavy (non-hydrogen) atoms. The highest BCUT2D eigenvalue weighted by molar-refractivity contribution is 5.72. The van der Waals surface area contributed by atoms with Gasteiger partial charge < -0.3 is 14.0 Å². The lowest BCUT2D eigenvalue weighted by Gasteiger charge is -2.32. The molecule has 0 N–H and O–H groups in total.